The van der Waals surface area contributed by atoms with Crippen molar-refractivity contribution >= 4 is 6.09 Å². The van der Waals surface area contributed by atoms with E-state index in [-0.39, 0.29) is 11.7 Å². The number of ether oxygens (including phenoxy) is 1. The van der Waals surface area contributed by atoms with Crippen LogP contribution >= 0.6 is 0 Å². The molecule has 14 heavy (non-hydrogen) atoms. The highest BCUT2D eigenvalue weighted by atomic mass is 16.6. The molecule has 0 bridgehead atoms. The summed E-state index contributed by atoms with van der Waals surface area (Å²) in [6.45, 7) is 4.79. The normalized spacial score (nSPS) is 36.9. The zero-order chi connectivity index (χ0) is 10.0. The van der Waals surface area contributed by atoms with Gasteiger partial charge in [0.25, 0.3) is 0 Å². The third kappa shape index (κ3) is 1.59. The molecule has 4 heteroatoms. The standard InChI is InChI=1S/C10H18N2O2/c1-2-3-8-6-11-5-4-10(8)7-12-9(13)14-10/h8,11H,2-7H2,1H3,(H,12,13). The lowest BCUT2D eigenvalue weighted by atomic mass is 9.79. The maximum absolute atomic E-state index is 11.1. The fourth-order valence-corrected chi connectivity index (χ4v) is 2.53. The summed E-state index contributed by atoms with van der Waals surface area (Å²) in [5, 5.41) is 6.15. The maximum atomic E-state index is 11.1. The number of alkyl carbamates (subject to hydrolysis) is 1. The van der Waals surface area contributed by atoms with Crippen molar-refractivity contribution < 1.29 is 9.53 Å². The second-order valence-electron chi connectivity index (χ2n) is 4.25. The molecule has 2 rings (SSSR count). The van der Waals surface area contributed by atoms with Crippen LogP contribution in [0.15, 0.2) is 0 Å². The Balaban J connectivity index is 2.08. The first-order valence-corrected chi connectivity index (χ1v) is 5.44. The van der Waals surface area contributed by atoms with E-state index >= 15 is 0 Å². The molecule has 2 aliphatic heterocycles. The Hall–Kier alpha value is -0.770. The molecule has 80 valence electrons. The van der Waals surface area contributed by atoms with Gasteiger partial charge in [-0.25, -0.2) is 4.79 Å². The van der Waals surface area contributed by atoms with Crippen LogP contribution in [-0.2, 0) is 4.74 Å². The quantitative estimate of drug-likeness (QED) is 0.692. The molecule has 2 heterocycles. The van der Waals surface area contributed by atoms with E-state index in [9.17, 15) is 4.79 Å². The molecule has 2 fully saturated rings. The van der Waals surface area contributed by atoms with Crippen molar-refractivity contribution in [2.45, 2.75) is 31.8 Å². The smallest absolute Gasteiger partial charge is 0.407 e. The molecule has 0 aromatic rings. The van der Waals surface area contributed by atoms with Crippen LogP contribution in [0.1, 0.15) is 26.2 Å². The van der Waals surface area contributed by atoms with Gasteiger partial charge in [-0.3, -0.25) is 0 Å². The Kier molecular flexibility index (Phi) is 2.63. The molecule has 0 aromatic carbocycles. The summed E-state index contributed by atoms with van der Waals surface area (Å²) in [5.41, 5.74) is -0.210. The molecule has 0 saturated carbocycles. The molecule has 0 radical (unpaired) electrons. The number of carbonyl (C=O) groups is 1. The van der Waals surface area contributed by atoms with E-state index in [4.69, 9.17) is 4.74 Å². The second-order valence-corrected chi connectivity index (χ2v) is 4.25. The van der Waals surface area contributed by atoms with Crippen LogP contribution in [0.4, 0.5) is 4.79 Å². The van der Waals surface area contributed by atoms with Gasteiger partial charge < -0.3 is 15.4 Å². The Labute approximate surface area is 84.4 Å². The lowest BCUT2D eigenvalue weighted by molar-refractivity contribution is -0.0183. The Morgan fingerprint density at radius 3 is 3.14 bits per heavy atom. The SMILES string of the molecule is CCCC1CNCCC12CNC(=O)O2. The minimum Gasteiger partial charge on any atom is -0.441 e. The predicted octanol–water partition coefficient (Wildman–Crippen LogP) is 0.875. The van der Waals surface area contributed by atoms with Gasteiger partial charge in [0.1, 0.15) is 5.60 Å². The second kappa shape index (κ2) is 3.77. The summed E-state index contributed by atoms with van der Waals surface area (Å²) >= 11 is 0. The summed E-state index contributed by atoms with van der Waals surface area (Å²) < 4.78 is 5.46. The molecule has 0 aliphatic carbocycles. The summed E-state index contributed by atoms with van der Waals surface area (Å²) in [5.74, 6) is 0.472. The van der Waals surface area contributed by atoms with E-state index < -0.39 is 0 Å². The third-order valence-corrected chi connectivity index (χ3v) is 3.32. The van der Waals surface area contributed by atoms with Gasteiger partial charge in [-0.1, -0.05) is 13.3 Å². The van der Waals surface area contributed by atoms with Crippen molar-refractivity contribution in [1.29, 1.82) is 0 Å². The van der Waals surface area contributed by atoms with E-state index in [1.54, 1.807) is 0 Å². The number of rotatable bonds is 2. The molecule has 2 N–H and O–H groups in total. The molecule has 1 spiro atoms. The maximum Gasteiger partial charge on any atom is 0.407 e. The number of hydrogen-bond acceptors (Lipinski definition) is 3. The molecule has 2 unspecified atom stereocenters. The minimum absolute atomic E-state index is 0.210. The largest absolute Gasteiger partial charge is 0.441 e. The summed E-state index contributed by atoms with van der Waals surface area (Å²) in [6, 6.07) is 0. The summed E-state index contributed by atoms with van der Waals surface area (Å²) in [7, 11) is 0. The van der Waals surface area contributed by atoms with Crippen molar-refractivity contribution in [3.05, 3.63) is 0 Å². The molecular formula is C10H18N2O2. The first-order valence-electron chi connectivity index (χ1n) is 5.44. The van der Waals surface area contributed by atoms with E-state index in [0.29, 0.717) is 12.5 Å². The summed E-state index contributed by atoms with van der Waals surface area (Å²) in [6.07, 6.45) is 2.97. The van der Waals surface area contributed by atoms with Crippen molar-refractivity contribution in [3.63, 3.8) is 0 Å². The lowest BCUT2D eigenvalue weighted by Gasteiger charge is -2.39. The number of hydrogen-bond donors (Lipinski definition) is 2. The Bertz CT molecular complexity index is 230. The Morgan fingerprint density at radius 1 is 1.64 bits per heavy atom. The van der Waals surface area contributed by atoms with Crippen molar-refractivity contribution in [3.8, 4) is 0 Å². The fraction of sp³-hybridized carbons (Fsp3) is 0.900. The molecule has 4 nitrogen and oxygen atoms in total. The highest BCUT2D eigenvalue weighted by Gasteiger charge is 2.47. The molecule has 1 amide bonds. The number of amides is 1. The number of piperidine rings is 1. The lowest BCUT2D eigenvalue weighted by Crippen LogP contribution is -2.52. The average Bonchev–Trinajstić information content (AvgIpc) is 2.53. The zero-order valence-corrected chi connectivity index (χ0v) is 8.64. The van der Waals surface area contributed by atoms with Crippen molar-refractivity contribution in [2.75, 3.05) is 19.6 Å². The zero-order valence-electron chi connectivity index (χ0n) is 8.64. The highest BCUT2D eigenvalue weighted by Crippen LogP contribution is 2.34. The summed E-state index contributed by atoms with van der Waals surface area (Å²) in [4.78, 5) is 11.1. The van der Waals surface area contributed by atoms with Gasteiger partial charge in [0.05, 0.1) is 6.54 Å². The number of nitrogens with one attached hydrogen (secondary N) is 2. The van der Waals surface area contributed by atoms with Crippen LogP contribution in [0, 0.1) is 5.92 Å². The van der Waals surface area contributed by atoms with Crippen LogP contribution in [0.5, 0.6) is 0 Å². The molecule has 2 saturated heterocycles. The molecule has 2 atom stereocenters. The van der Waals surface area contributed by atoms with Gasteiger partial charge in [0.2, 0.25) is 0 Å². The van der Waals surface area contributed by atoms with Gasteiger partial charge in [-0.05, 0) is 13.0 Å². The topological polar surface area (TPSA) is 50.4 Å². The van der Waals surface area contributed by atoms with E-state index in [1.807, 2.05) is 0 Å². The van der Waals surface area contributed by atoms with Crippen molar-refractivity contribution in [1.82, 2.24) is 10.6 Å². The Morgan fingerprint density at radius 2 is 2.50 bits per heavy atom. The monoisotopic (exact) mass is 198 g/mol. The van der Waals surface area contributed by atoms with Crippen LogP contribution in [0.2, 0.25) is 0 Å². The van der Waals surface area contributed by atoms with Gasteiger partial charge in [0, 0.05) is 18.9 Å². The van der Waals surface area contributed by atoms with Crippen LogP contribution < -0.4 is 10.6 Å². The predicted molar refractivity (Wildman–Crippen MR) is 53.1 cm³/mol. The van der Waals surface area contributed by atoms with Gasteiger partial charge >= 0.3 is 6.09 Å². The van der Waals surface area contributed by atoms with Gasteiger partial charge in [0.15, 0.2) is 0 Å². The van der Waals surface area contributed by atoms with Gasteiger partial charge in [-0.2, -0.15) is 0 Å². The third-order valence-electron chi connectivity index (χ3n) is 3.32. The molecule has 0 aromatic heterocycles. The first-order chi connectivity index (χ1) is 6.77. The first kappa shape index (κ1) is 9.77. The van der Waals surface area contributed by atoms with E-state index in [1.165, 1.54) is 0 Å². The average molecular weight is 198 g/mol. The van der Waals surface area contributed by atoms with E-state index in [0.717, 1.165) is 32.4 Å². The minimum atomic E-state index is -0.243. The molecule has 2 aliphatic rings. The molecular weight excluding hydrogens is 180 g/mol. The van der Waals surface area contributed by atoms with Crippen molar-refractivity contribution in [2.24, 2.45) is 5.92 Å². The fourth-order valence-electron chi connectivity index (χ4n) is 2.53. The van der Waals surface area contributed by atoms with Crippen LogP contribution in [0.25, 0.3) is 0 Å². The number of carbonyl (C=O) groups excluding carboxylic acids is 1. The van der Waals surface area contributed by atoms with Crippen LogP contribution in [0.3, 0.4) is 0 Å². The van der Waals surface area contributed by atoms with E-state index in [2.05, 4.69) is 17.6 Å². The highest BCUT2D eigenvalue weighted by molar-refractivity contribution is 5.70. The van der Waals surface area contributed by atoms with Gasteiger partial charge in [-0.15, -0.1) is 0 Å². The van der Waals surface area contributed by atoms with Crippen LogP contribution in [-0.4, -0.2) is 31.3 Å².